The molecule has 0 radical (unpaired) electrons. The van der Waals surface area contributed by atoms with Crippen LogP contribution in [-0.4, -0.2) is 14.5 Å². The average Bonchev–Trinajstić information content (AvgIpc) is 2.02. The lowest BCUT2D eigenvalue weighted by Crippen LogP contribution is -2.32. The van der Waals surface area contributed by atoms with Crippen LogP contribution in [0, 0.1) is 11.3 Å². The van der Waals surface area contributed by atoms with Crippen molar-refractivity contribution >= 4 is 10.0 Å². The minimum absolute atomic E-state index is 0.167. The number of nitrogens with one attached hydrogen (secondary N) is 1. The van der Waals surface area contributed by atoms with Crippen LogP contribution in [-0.2, 0) is 10.0 Å². The van der Waals surface area contributed by atoms with Crippen LogP contribution in [0.2, 0.25) is 0 Å². The van der Waals surface area contributed by atoms with Crippen LogP contribution in [0.4, 0.5) is 0 Å². The van der Waals surface area contributed by atoms with E-state index in [1.54, 1.807) is 6.92 Å². The fraction of sp³-hybridized carbons (Fsp3) is 0.571. The first-order valence-corrected chi connectivity index (χ1v) is 5.03. The topological polar surface area (TPSA) is 70.0 Å². The maximum Gasteiger partial charge on any atom is 0.250 e. The molecule has 0 aliphatic rings. The summed E-state index contributed by atoms with van der Waals surface area (Å²) in [7, 11) is -3.63. The Hall–Kier alpha value is -0.860. The Morgan fingerprint density at radius 1 is 1.75 bits per heavy atom. The predicted octanol–water partition coefficient (Wildman–Crippen LogP) is 0.742. The van der Waals surface area contributed by atoms with Gasteiger partial charge in [0.1, 0.15) is 6.07 Å². The van der Waals surface area contributed by atoms with Crippen molar-refractivity contribution in [2.24, 2.45) is 0 Å². The van der Waals surface area contributed by atoms with Crippen molar-refractivity contribution in [1.29, 1.82) is 5.26 Å². The second-order valence-electron chi connectivity index (χ2n) is 2.47. The van der Waals surface area contributed by atoms with Gasteiger partial charge in [0, 0.05) is 6.04 Å². The summed E-state index contributed by atoms with van der Waals surface area (Å²) >= 11 is 0. The molecule has 0 unspecified atom stereocenters. The fourth-order valence-electron chi connectivity index (χ4n) is 0.479. The van der Waals surface area contributed by atoms with Crippen LogP contribution in [0.5, 0.6) is 0 Å². The minimum atomic E-state index is -3.63. The maximum atomic E-state index is 11.1. The van der Waals surface area contributed by atoms with Crippen molar-refractivity contribution in [2.45, 2.75) is 26.3 Å². The van der Waals surface area contributed by atoms with E-state index >= 15 is 0 Å². The van der Waals surface area contributed by atoms with Gasteiger partial charge in [-0.25, -0.2) is 13.1 Å². The van der Waals surface area contributed by atoms with E-state index < -0.39 is 14.9 Å². The minimum Gasteiger partial charge on any atom is -0.208 e. The molecule has 0 amide bonds. The lowest BCUT2D eigenvalue weighted by atomic mass is 10.3. The molecule has 0 aromatic heterocycles. The lowest BCUT2D eigenvalue weighted by Gasteiger charge is -2.09. The van der Waals surface area contributed by atoms with Crippen LogP contribution in [0.25, 0.3) is 0 Å². The van der Waals surface area contributed by atoms with E-state index in [1.165, 1.54) is 6.07 Å². The summed E-state index contributed by atoms with van der Waals surface area (Å²) in [5.74, 6) is 0. The van der Waals surface area contributed by atoms with Crippen LogP contribution in [0.15, 0.2) is 11.5 Å². The summed E-state index contributed by atoms with van der Waals surface area (Å²) in [6.07, 6.45) is 0.679. The molecule has 4 nitrogen and oxygen atoms in total. The highest BCUT2D eigenvalue weighted by molar-refractivity contribution is 7.93. The van der Waals surface area contributed by atoms with Crippen LogP contribution in [0.1, 0.15) is 20.3 Å². The van der Waals surface area contributed by atoms with E-state index in [4.69, 9.17) is 5.26 Å². The van der Waals surface area contributed by atoms with E-state index in [9.17, 15) is 8.42 Å². The Bertz CT molecular complexity index is 300. The molecule has 0 aromatic carbocycles. The molecular formula is C7H12N2O2S. The highest BCUT2D eigenvalue weighted by Gasteiger charge is 2.16. The fourth-order valence-corrected chi connectivity index (χ4v) is 1.44. The maximum absolute atomic E-state index is 11.1. The Balaban J connectivity index is 4.48. The first-order valence-electron chi connectivity index (χ1n) is 3.55. The normalized spacial score (nSPS) is 13.4. The molecule has 0 aromatic rings. The molecule has 0 heterocycles. The molecule has 0 rings (SSSR count). The van der Waals surface area contributed by atoms with Crippen LogP contribution in [0.3, 0.4) is 0 Å². The SMILES string of the molecule is C=C(C#N)S(=O)(=O)N[C@@H](C)CC. The molecule has 0 saturated carbocycles. The number of hydrogen-bond donors (Lipinski definition) is 1. The zero-order valence-corrected chi connectivity index (χ0v) is 7.98. The third-order valence-corrected chi connectivity index (χ3v) is 2.87. The second-order valence-corrected chi connectivity index (χ2v) is 4.20. The molecule has 1 N–H and O–H groups in total. The van der Waals surface area contributed by atoms with Gasteiger partial charge in [-0.3, -0.25) is 0 Å². The Morgan fingerprint density at radius 3 is 2.58 bits per heavy atom. The van der Waals surface area contributed by atoms with Crippen molar-refractivity contribution in [3.8, 4) is 6.07 Å². The third kappa shape index (κ3) is 3.03. The molecule has 0 fully saturated rings. The van der Waals surface area contributed by atoms with Gasteiger partial charge in [0.2, 0.25) is 10.0 Å². The quantitative estimate of drug-likeness (QED) is 0.661. The van der Waals surface area contributed by atoms with Crippen molar-refractivity contribution in [2.75, 3.05) is 0 Å². The Kier molecular flexibility index (Phi) is 3.93. The van der Waals surface area contributed by atoms with Gasteiger partial charge in [0.15, 0.2) is 4.91 Å². The van der Waals surface area contributed by atoms with Crippen LogP contribution >= 0.6 is 0 Å². The first kappa shape index (κ1) is 11.1. The van der Waals surface area contributed by atoms with E-state index in [1.807, 2.05) is 6.92 Å². The summed E-state index contributed by atoms with van der Waals surface area (Å²) in [4.78, 5) is -0.442. The van der Waals surface area contributed by atoms with Gasteiger partial charge in [-0.2, -0.15) is 5.26 Å². The summed E-state index contributed by atoms with van der Waals surface area (Å²) in [5, 5.41) is 8.29. The van der Waals surface area contributed by atoms with E-state index in [2.05, 4.69) is 11.3 Å². The Morgan fingerprint density at radius 2 is 2.25 bits per heavy atom. The third-order valence-electron chi connectivity index (χ3n) is 1.42. The smallest absolute Gasteiger partial charge is 0.208 e. The molecule has 0 bridgehead atoms. The monoisotopic (exact) mass is 188 g/mol. The summed E-state index contributed by atoms with van der Waals surface area (Å²) < 4.78 is 24.5. The number of hydrogen-bond acceptors (Lipinski definition) is 3. The molecular weight excluding hydrogens is 176 g/mol. The number of sulfonamides is 1. The van der Waals surface area contributed by atoms with Gasteiger partial charge < -0.3 is 0 Å². The van der Waals surface area contributed by atoms with Crippen LogP contribution < -0.4 is 4.72 Å². The molecule has 1 atom stereocenters. The number of allylic oxidation sites excluding steroid dienone is 1. The van der Waals surface area contributed by atoms with Crippen molar-refractivity contribution in [3.05, 3.63) is 11.5 Å². The van der Waals surface area contributed by atoms with E-state index in [0.29, 0.717) is 6.42 Å². The number of nitriles is 1. The molecule has 68 valence electrons. The predicted molar refractivity (Wildman–Crippen MR) is 46.6 cm³/mol. The van der Waals surface area contributed by atoms with E-state index in [-0.39, 0.29) is 6.04 Å². The second kappa shape index (κ2) is 4.24. The summed E-state index contributed by atoms with van der Waals surface area (Å²) in [5.41, 5.74) is 0. The van der Waals surface area contributed by atoms with Gasteiger partial charge in [-0.1, -0.05) is 13.5 Å². The zero-order chi connectivity index (χ0) is 9.78. The summed E-state index contributed by atoms with van der Waals surface area (Å²) in [6, 6.07) is 1.32. The Labute approximate surface area is 72.9 Å². The van der Waals surface area contributed by atoms with Crippen molar-refractivity contribution < 1.29 is 8.42 Å². The lowest BCUT2D eigenvalue weighted by molar-refractivity contribution is 0.563. The first-order chi connectivity index (χ1) is 5.44. The zero-order valence-electron chi connectivity index (χ0n) is 7.16. The van der Waals surface area contributed by atoms with E-state index in [0.717, 1.165) is 0 Å². The molecule has 5 heteroatoms. The number of rotatable bonds is 4. The van der Waals surface area contributed by atoms with Gasteiger partial charge in [0.05, 0.1) is 0 Å². The number of nitrogens with zero attached hydrogens (tertiary/aromatic N) is 1. The highest BCUT2D eigenvalue weighted by Crippen LogP contribution is 2.01. The largest absolute Gasteiger partial charge is 0.250 e. The molecule has 0 aliphatic heterocycles. The standard InChI is InChI=1S/C7H12N2O2S/c1-4-6(2)9-12(10,11)7(3)5-8/h6,9H,3-4H2,1-2H3/t6-/m0/s1. The highest BCUT2D eigenvalue weighted by atomic mass is 32.2. The van der Waals surface area contributed by atoms with Gasteiger partial charge in [0.25, 0.3) is 0 Å². The molecule has 0 saturated heterocycles. The average molecular weight is 188 g/mol. The molecule has 0 aliphatic carbocycles. The summed E-state index contributed by atoms with van der Waals surface area (Å²) in [6.45, 7) is 6.69. The van der Waals surface area contributed by atoms with Gasteiger partial charge in [-0.05, 0) is 13.3 Å². The van der Waals surface area contributed by atoms with Crippen molar-refractivity contribution in [1.82, 2.24) is 4.72 Å². The van der Waals surface area contributed by atoms with Gasteiger partial charge in [-0.15, -0.1) is 0 Å². The van der Waals surface area contributed by atoms with Gasteiger partial charge >= 0.3 is 0 Å². The molecule has 12 heavy (non-hydrogen) atoms. The molecule has 0 spiro atoms. The van der Waals surface area contributed by atoms with Crippen molar-refractivity contribution in [3.63, 3.8) is 0 Å².